The lowest BCUT2D eigenvalue weighted by molar-refractivity contribution is -0.119. The van der Waals surface area contributed by atoms with Crippen LogP contribution in [0.4, 0.5) is 0 Å². The van der Waals surface area contributed by atoms with E-state index in [1.807, 2.05) is 0 Å². The molecule has 0 saturated carbocycles. The van der Waals surface area contributed by atoms with E-state index in [4.69, 9.17) is 4.74 Å². The molecule has 0 spiro atoms. The molecule has 2 nitrogen and oxygen atoms in total. The Labute approximate surface area is 80.7 Å². The van der Waals surface area contributed by atoms with Crippen molar-refractivity contribution >= 4 is 6.29 Å². The zero-order valence-corrected chi connectivity index (χ0v) is 8.88. The summed E-state index contributed by atoms with van der Waals surface area (Å²) < 4.78 is 5.32. The van der Waals surface area contributed by atoms with Crippen molar-refractivity contribution in [2.75, 3.05) is 13.2 Å². The Morgan fingerprint density at radius 1 is 1.46 bits per heavy atom. The van der Waals surface area contributed by atoms with Crippen LogP contribution in [0.3, 0.4) is 0 Å². The highest BCUT2D eigenvalue weighted by Gasteiger charge is 2.39. The third kappa shape index (κ3) is 2.31. The number of carbonyl (C=O) groups is 1. The van der Waals surface area contributed by atoms with Gasteiger partial charge < -0.3 is 9.53 Å². The lowest BCUT2D eigenvalue weighted by Gasteiger charge is -2.29. The molecular weight excluding hydrogens is 164 g/mol. The van der Waals surface area contributed by atoms with Crippen LogP contribution < -0.4 is 0 Å². The van der Waals surface area contributed by atoms with Gasteiger partial charge in [-0.2, -0.15) is 0 Å². The van der Waals surface area contributed by atoms with E-state index in [9.17, 15) is 4.79 Å². The van der Waals surface area contributed by atoms with Gasteiger partial charge in [-0.25, -0.2) is 0 Å². The summed E-state index contributed by atoms with van der Waals surface area (Å²) in [6.45, 7) is 7.95. The summed E-state index contributed by atoms with van der Waals surface area (Å²) in [5.41, 5.74) is -0.176. The molecule has 0 aromatic carbocycles. The largest absolute Gasteiger partial charge is 0.380 e. The molecule has 1 fully saturated rings. The van der Waals surface area contributed by atoms with Gasteiger partial charge in [0.15, 0.2) is 0 Å². The minimum absolute atomic E-state index is 0.176. The molecule has 1 heterocycles. The van der Waals surface area contributed by atoms with Crippen LogP contribution in [0.25, 0.3) is 0 Å². The normalized spacial score (nSPS) is 30.8. The first-order valence-corrected chi connectivity index (χ1v) is 5.15. The molecule has 0 aliphatic carbocycles. The SMILES string of the molecule is CC(C)CC(C)C1(C=O)CCOC1. The van der Waals surface area contributed by atoms with Gasteiger partial charge in [0.2, 0.25) is 0 Å². The summed E-state index contributed by atoms with van der Waals surface area (Å²) in [7, 11) is 0. The number of aldehydes is 1. The summed E-state index contributed by atoms with van der Waals surface area (Å²) in [5, 5.41) is 0. The van der Waals surface area contributed by atoms with Crippen molar-refractivity contribution in [3.63, 3.8) is 0 Å². The van der Waals surface area contributed by atoms with E-state index in [1.54, 1.807) is 0 Å². The minimum Gasteiger partial charge on any atom is -0.380 e. The van der Waals surface area contributed by atoms with Crippen molar-refractivity contribution in [3.05, 3.63) is 0 Å². The number of hydrogen-bond donors (Lipinski definition) is 0. The summed E-state index contributed by atoms with van der Waals surface area (Å²) in [4.78, 5) is 11.1. The van der Waals surface area contributed by atoms with E-state index in [0.717, 1.165) is 25.7 Å². The highest BCUT2D eigenvalue weighted by atomic mass is 16.5. The molecule has 1 aliphatic rings. The van der Waals surface area contributed by atoms with E-state index in [2.05, 4.69) is 20.8 Å². The van der Waals surface area contributed by atoms with Crippen molar-refractivity contribution in [2.24, 2.45) is 17.3 Å². The second-order valence-corrected chi connectivity index (χ2v) is 4.68. The topological polar surface area (TPSA) is 26.3 Å². The number of ether oxygens (including phenoxy) is 1. The molecule has 0 N–H and O–H groups in total. The molecule has 0 radical (unpaired) electrons. The zero-order valence-electron chi connectivity index (χ0n) is 8.88. The van der Waals surface area contributed by atoms with Gasteiger partial charge in [0, 0.05) is 6.61 Å². The van der Waals surface area contributed by atoms with Crippen molar-refractivity contribution in [2.45, 2.75) is 33.6 Å². The molecule has 1 rings (SSSR count). The van der Waals surface area contributed by atoms with Gasteiger partial charge in [0.1, 0.15) is 6.29 Å². The Bertz CT molecular complexity index is 169. The fraction of sp³-hybridized carbons (Fsp3) is 0.909. The molecule has 0 amide bonds. The molecule has 2 heteroatoms. The van der Waals surface area contributed by atoms with E-state index in [0.29, 0.717) is 18.4 Å². The van der Waals surface area contributed by atoms with Crippen LogP contribution in [0.15, 0.2) is 0 Å². The Morgan fingerprint density at radius 3 is 2.54 bits per heavy atom. The van der Waals surface area contributed by atoms with E-state index in [-0.39, 0.29) is 5.41 Å². The van der Waals surface area contributed by atoms with E-state index in [1.165, 1.54) is 0 Å². The van der Waals surface area contributed by atoms with Crippen LogP contribution in [0.5, 0.6) is 0 Å². The van der Waals surface area contributed by atoms with Crippen LogP contribution in [0, 0.1) is 17.3 Å². The average Bonchev–Trinajstić information content (AvgIpc) is 2.51. The van der Waals surface area contributed by atoms with Gasteiger partial charge in [0.05, 0.1) is 12.0 Å². The predicted molar refractivity (Wildman–Crippen MR) is 52.6 cm³/mol. The Hall–Kier alpha value is -0.370. The van der Waals surface area contributed by atoms with E-state index < -0.39 is 0 Å². The highest BCUT2D eigenvalue weighted by Crippen LogP contribution is 2.37. The molecule has 13 heavy (non-hydrogen) atoms. The molecule has 1 aliphatic heterocycles. The van der Waals surface area contributed by atoms with Gasteiger partial charge in [0.25, 0.3) is 0 Å². The van der Waals surface area contributed by atoms with Gasteiger partial charge >= 0.3 is 0 Å². The van der Waals surface area contributed by atoms with Crippen molar-refractivity contribution in [3.8, 4) is 0 Å². The van der Waals surface area contributed by atoms with Gasteiger partial charge in [-0.3, -0.25) is 0 Å². The molecule has 0 aromatic heterocycles. The number of rotatable bonds is 4. The van der Waals surface area contributed by atoms with Gasteiger partial charge in [-0.1, -0.05) is 20.8 Å². The van der Waals surface area contributed by atoms with Crippen molar-refractivity contribution < 1.29 is 9.53 Å². The molecule has 1 saturated heterocycles. The third-order valence-corrected chi connectivity index (χ3v) is 3.12. The zero-order chi connectivity index (χ0) is 9.90. The fourth-order valence-electron chi connectivity index (χ4n) is 2.14. The summed E-state index contributed by atoms with van der Waals surface area (Å²) in [6, 6.07) is 0. The van der Waals surface area contributed by atoms with E-state index >= 15 is 0 Å². The lowest BCUT2D eigenvalue weighted by atomic mass is 9.73. The highest BCUT2D eigenvalue weighted by molar-refractivity contribution is 5.60. The minimum atomic E-state index is -0.176. The summed E-state index contributed by atoms with van der Waals surface area (Å²) >= 11 is 0. The van der Waals surface area contributed by atoms with Crippen LogP contribution >= 0.6 is 0 Å². The second kappa shape index (κ2) is 4.23. The molecule has 0 aromatic rings. The van der Waals surface area contributed by atoms with Crippen LogP contribution in [-0.4, -0.2) is 19.5 Å². The smallest absolute Gasteiger partial charge is 0.128 e. The first-order valence-electron chi connectivity index (χ1n) is 5.15. The second-order valence-electron chi connectivity index (χ2n) is 4.68. The summed E-state index contributed by atoms with van der Waals surface area (Å²) in [5.74, 6) is 1.11. The standard InChI is InChI=1S/C11H20O2/c1-9(2)6-10(3)11(7-12)4-5-13-8-11/h7,9-10H,4-6,8H2,1-3H3. The first-order chi connectivity index (χ1) is 6.10. The molecular formula is C11H20O2. The van der Waals surface area contributed by atoms with Crippen molar-refractivity contribution in [1.29, 1.82) is 0 Å². The van der Waals surface area contributed by atoms with Crippen LogP contribution in [0.2, 0.25) is 0 Å². The number of hydrogen-bond acceptors (Lipinski definition) is 2. The molecule has 2 atom stereocenters. The third-order valence-electron chi connectivity index (χ3n) is 3.12. The molecule has 2 unspecified atom stereocenters. The Kier molecular flexibility index (Phi) is 3.48. The Balaban J connectivity index is 2.59. The molecule has 76 valence electrons. The maximum absolute atomic E-state index is 11.1. The Morgan fingerprint density at radius 2 is 2.15 bits per heavy atom. The maximum atomic E-state index is 11.1. The lowest BCUT2D eigenvalue weighted by Crippen LogP contribution is -2.31. The van der Waals surface area contributed by atoms with Crippen molar-refractivity contribution in [1.82, 2.24) is 0 Å². The quantitative estimate of drug-likeness (QED) is 0.626. The van der Waals surface area contributed by atoms with Gasteiger partial charge in [-0.05, 0) is 24.7 Å². The summed E-state index contributed by atoms with van der Waals surface area (Å²) in [6.07, 6.45) is 3.14. The average molecular weight is 184 g/mol. The monoisotopic (exact) mass is 184 g/mol. The maximum Gasteiger partial charge on any atom is 0.128 e. The van der Waals surface area contributed by atoms with Gasteiger partial charge in [-0.15, -0.1) is 0 Å². The molecule has 0 bridgehead atoms. The van der Waals surface area contributed by atoms with Crippen LogP contribution in [-0.2, 0) is 9.53 Å². The fourth-order valence-corrected chi connectivity index (χ4v) is 2.14. The first kappa shape index (κ1) is 10.7. The predicted octanol–water partition coefficient (Wildman–Crippen LogP) is 2.27. The number of carbonyl (C=O) groups excluding carboxylic acids is 1. The van der Waals surface area contributed by atoms with Crippen LogP contribution in [0.1, 0.15) is 33.6 Å².